The average Bonchev–Trinajstić information content (AvgIpc) is 2.46. The smallest absolute Gasteiger partial charge is 0.0337 e. The fourth-order valence-corrected chi connectivity index (χ4v) is 2.99. The van der Waals surface area contributed by atoms with Crippen molar-refractivity contribution in [2.75, 3.05) is 19.6 Å². The first-order valence-corrected chi connectivity index (χ1v) is 7.55. The number of hydrogen-bond donors (Lipinski definition) is 1. The van der Waals surface area contributed by atoms with Crippen LogP contribution in [0.15, 0.2) is 24.5 Å². The Morgan fingerprint density at radius 1 is 1.32 bits per heavy atom. The maximum Gasteiger partial charge on any atom is 0.0337 e. The molecule has 2 heterocycles. The molecule has 1 N–H and O–H groups in total. The van der Waals surface area contributed by atoms with Gasteiger partial charge in [0, 0.05) is 31.0 Å². The second-order valence-electron chi connectivity index (χ2n) is 5.95. The molecule has 0 bridgehead atoms. The van der Waals surface area contributed by atoms with E-state index in [2.05, 4.69) is 42.0 Å². The molecular formula is C16H27N3. The zero-order valence-electron chi connectivity index (χ0n) is 12.5. The maximum atomic E-state index is 4.26. The first-order valence-electron chi connectivity index (χ1n) is 7.55. The Kier molecular flexibility index (Phi) is 5.34. The van der Waals surface area contributed by atoms with Crippen LogP contribution >= 0.6 is 0 Å². The second kappa shape index (κ2) is 7.01. The Hall–Kier alpha value is -0.930. The van der Waals surface area contributed by atoms with Crippen LogP contribution in [0.2, 0.25) is 0 Å². The summed E-state index contributed by atoms with van der Waals surface area (Å²) in [5.41, 5.74) is 1.32. The molecule has 1 saturated heterocycles. The summed E-state index contributed by atoms with van der Waals surface area (Å²) in [7, 11) is 0. The Morgan fingerprint density at radius 3 is 2.63 bits per heavy atom. The van der Waals surface area contributed by atoms with E-state index in [4.69, 9.17) is 0 Å². The molecule has 3 nitrogen and oxygen atoms in total. The molecule has 0 aromatic carbocycles. The molecule has 1 atom stereocenters. The topological polar surface area (TPSA) is 28.2 Å². The Morgan fingerprint density at radius 2 is 2.05 bits per heavy atom. The van der Waals surface area contributed by atoms with Gasteiger partial charge in [-0.15, -0.1) is 0 Å². The van der Waals surface area contributed by atoms with Gasteiger partial charge in [-0.1, -0.05) is 6.07 Å². The highest BCUT2D eigenvalue weighted by atomic mass is 15.2. The average molecular weight is 261 g/mol. The van der Waals surface area contributed by atoms with Crippen LogP contribution in [0.5, 0.6) is 0 Å². The molecule has 0 saturated carbocycles. The number of nitrogens with one attached hydrogen (secondary N) is 1. The summed E-state index contributed by atoms with van der Waals surface area (Å²) >= 11 is 0. The van der Waals surface area contributed by atoms with Crippen LogP contribution in [0.25, 0.3) is 0 Å². The third kappa shape index (κ3) is 4.02. The molecule has 1 fully saturated rings. The molecule has 1 aliphatic rings. The van der Waals surface area contributed by atoms with Gasteiger partial charge in [0.2, 0.25) is 0 Å². The number of rotatable bonds is 5. The standard InChI is InChI=1S/C16H27N3/c1-13(2)19(12-15-6-9-17-10-7-15)14(3)16-5-4-8-18-11-16/h4-5,8,11,13-15,17H,6-7,9-10,12H2,1-3H3. The monoisotopic (exact) mass is 261 g/mol. The van der Waals surface area contributed by atoms with Gasteiger partial charge in [0.15, 0.2) is 0 Å². The van der Waals surface area contributed by atoms with Crippen molar-refractivity contribution < 1.29 is 0 Å². The van der Waals surface area contributed by atoms with Crippen molar-refractivity contribution in [1.82, 2.24) is 15.2 Å². The molecule has 1 aromatic rings. The first kappa shape index (κ1) is 14.5. The minimum absolute atomic E-state index is 0.448. The molecular weight excluding hydrogens is 234 g/mol. The highest BCUT2D eigenvalue weighted by Crippen LogP contribution is 2.25. The lowest BCUT2D eigenvalue weighted by Crippen LogP contribution is -2.40. The Balaban J connectivity index is 2.02. The molecule has 0 radical (unpaired) electrons. The highest BCUT2D eigenvalue weighted by Gasteiger charge is 2.23. The minimum Gasteiger partial charge on any atom is -0.317 e. The molecule has 2 rings (SSSR count). The molecule has 0 aliphatic carbocycles. The van der Waals surface area contributed by atoms with Crippen molar-refractivity contribution in [2.24, 2.45) is 5.92 Å². The van der Waals surface area contributed by atoms with Gasteiger partial charge in [-0.2, -0.15) is 0 Å². The van der Waals surface area contributed by atoms with Gasteiger partial charge >= 0.3 is 0 Å². The van der Waals surface area contributed by atoms with Crippen molar-refractivity contribution in [3.05, 3.63) is 30.1 Å². The van der Waals surface area contributed by atoms with E-state index in [1.165, 1.54) is 38.0 Å². The maximum absolute atomic E-state index is 4.26. The van der Waals surface area contributed by atoms with Gasteiger partial charge in [-0.3, -0.25) is 9.88 Å². The largest absolute Gasteiger partial charge is 0.317 e. The molecule has 106 valence electrons. The van der Waals surface area contributed by atoms with E-state index in [-0.39, 0.29) is 0 Å². The van der Waals surface area contributed by atoms with E-state index >= 15 is 0 Å². The van der Waals surface area contributed by atoms with E-state index in [1.807, 2.05) is 18.5 Å². The molecule has 3 heteroatoms. The van der Waals surface area contributed by atoms with Crippen LogP contribution < -0.4 is 5.32 Å². The highest BCUT2D eigenvalue weighted by molar-refractivity contribution is 5.13. The zero-order chi connectivity index (χ0) is 13.7. The Bertz CT molecular complexity index is 358. The Labute approximate surface area is 117 Å². The van der Waals surface area contributed by atoms with Crippen molar-refractivity contribution in [3.8, 4) is 0 Å². The van der Waals surface area contributed by atoms with Gasteiger partial charge in [0.25, 0.3) is 0 Å². The van der Waals surface area contributed by atoms with Crippen LogP contribution in [-0.4, -0.2) is 35.6 Å². The van der Waals surface area contributed by atoms with Crippen molar-refractivity contribution in [3.63, 3.8) is 0 Å². The van der Waals surface area contributed by atoms with E-state index < -0.39 is 0 Å². The van der Waals surface area contributed by atoms with Crippen molar-refractivity contribution in [1.29, 1.82) is 0 Å². The van der Waals surface area contributed by atoms with Crippen molar-refractivity contribution >= 4 is 0 Å². The SMILES string of the molecule is CC(C)N(CC1CCNCC1)C(C)c1cccnc1. The van der Waals surface area contributed by atoms with Crippen LogP contribution in [-0.2, 0) is 0 Å². The minimum atomic E-state index is 0.448. The summed E-state index contributed by atoms with van der Waals surface area (Å²) in [5.74, 6) is 0.836. The number of aromatic nitrogens is 1. The summed E-state index contributed by atoms with van der Waals surface area (Å²) in [6.07, 6.45) is 6.47. The second-order valence-corrected chi connectivity index (χ2v) is 5.95. The fourth-order valence-electron chi connectivity index (χ4n) is 2.99. The molecule has 19 heavy (non-hydrogen) atoms. The van der Waals surface area contributed by atoms with Crippen LogP contribution in [0.4, 0.5) is 0 Å². The van der Waals surface area contributed by atoms with Crippen molar-refractivity contribution in [2.45, 2.75) is 45.7 Å². The summed E-state index contributed by atoms with van der Waals surface area (Å²) in [5, 5.41) is 3.45. The summed E-state index contributed by atoms with van der Waals surface area (Å²) in [6, 6.07) is 5.25. The van der Waals surface area contributed by atoms with Gasteiger partial charge in [0.1, 0.15) is 0 Å². The lowest BCUT2D eigenvalue weighted by molar-refractivity contribution is 0.125. The van der Waals surface area contributed by atoms with E-state index in [0.29, 0.717) is 12.1 Å². The summed E-state index contributed by atoms with van der Waals surface area (Å²) in [4.78, 5) is 6.88. The summed E-state index contributed by atoms with van der Waals surface area (Å²) in [6.45, 7) is 10.5. The quantitative estimate of drug-likeness (QED) is 0.883. The molecule has 0 amide bonds. The first-order chi connectivity index (χ1) is 9.18. The zero-order valence-corrected chi connectivity index (χ0v) is 12.5. The van der Waals surface area contributed by atoms with E-state index in [0.717, 1.165) is 5.92 Å². The lowest BCUT2D eigenvalue weighted by atomic mass is 9.95. The number of nitrogens with zero attached hydrogens (tertiary/aromatic N) is 2. The van der Waals surface area contributed by atoms with E-state index in [1.54, 1.807) is 0 Å². The van der Waals surface area contributed by atoms with Gasteiger partial charge in [-0.05, 0) is 64.3 Å². The number of piperidine rings is 1. The van der Waals surface area contributed by atoms with Crippen LogP contribution in [0, 0.1) is 5.92 Å². The predicted molar refractivity (Wildman–Crippen MR) is 80.1 cm³/mol. The molecule has 0 spiro atoms. The normalized spacial score (nSPS) is 19.0. The van der Waals surface area contributed by atoms with Gasteiger partial charge < -0.3 is 5.32 Å². The summed E-state index contributed by atoms with van der Waals surface area (Å²) < 4.78 is 0. The molecule has 1 unspecified atom stereocenters. The third-order valence-electron chi connectivity index (χ3n) is 4.26. The molecule has 1 aromatic heterocycles. The number of hydrogen-bond acceptors (Lipinski definition) is 3. The fraction of sp³-hybridized carbons (Fsp3) is 0.688. The third-order valence-corrected chi connectivity index (χ3v) is 4.26. The van der Waals surface area contributed by atoms with E-state index in [9.17, 15) is 0 Å². The lowest BCUT2D eigenvalue weighted by Gasteiger charge is -2.37. The van der Waals surface area contributed by atoms with Gasteiger partial charge in [0.05, 0.1) is 0 Å². The predicted octanol–water partition coefficient (Wildman–Crippen LogP) is 2.85. The number of pyridine rings is 1. The van der Waals surface area contributed by atoms with Crippen LogP contribution in [0.1, 0.15) is 45.2 Å². The molecule has 1 aliphatic heterocycles. The van der Waals surface area contributed by atoms with Crippen LogP contribution in [0.3, 0.4) is 0 Å². The van der Waals surface area contributed by atoms with Gasteiger partial charge in [-0.25, -0.2) is 0 Å².